The van der Waals surface area contributed by atoms with E-state index in [2.05, 4.69) is 9.93 Å². The van der Waals surface area contributed by atoms with Gasteiger partial charge in [-0.15, -0.1) is 0 Å². The van der Waals surface area contributed by atoms with Crippen molar-refractivity contribution in [1.29, 1.82) is 0 Å². The van der Waals surface area contributed by atoms with Gasteiger partial charge in [-0.3, -0.25) is 0 Å². The lowest BCUT2D eigenvalue weighted by Gasteiger charge is -2.06. The van der Waals surface area contributed by atoms with Gasteiger partial charge in [0.25, 0.3) is 10.0 Å². The number of hydrogen-bond acceptors (Lipinski definition) is 4. The molecule has 2 aromatic carbocycles. The molecule has 0 radical (unpaired) electrons. The van der Waals surface area contributed by atoms with Crippen LogP contribution >= 0.6 is 11.6 Å². The van der Waals surface area contributed by atoms with Gasteiger partial charge in [0.05, 0.1) is 10.6 Å². The molecule has 5 nitrogen and oxygen atoms in total. The molecule has 110 valence electrons. The summed E-state index contributed by atoms with van der Waals surface area (Å²) >= 11 is 5.73. The summed E-state index contributed by atoms with van der Waals surface area (Å²) in [6.45, 7) is 1.69. The average molecular weight is 324 g/mol. The van der Waals surface area contributed by atoms with Gasteiger partial charge in [0.15, 0.2) is 0 Å². The Balaban J connectivity index is 2.21. The lowest BCUT2D eigenvalue weighted by Crippen LogP contribution is -2.19. The number of nitrogens with two attached hydrogens (primary N) is 1. The highest BCUT2D eigenvalue weighted by Gasteiger charge is 2.12. The van der Waals surface area contributed by atoms with Gasteiger partial charge in [0, 0.05) is 10.7 Å². The average Bonchev–Trinajstić information content (AvgIpc) is 2.45. The first-order valence-corrected chi connectivity index (χ1v) is 7.92. The number of halogens is 1. The van der Waals surface area contributed by atoms with Crippen LogP contribution in [-0.2, 0) is 10.0 Å². The molecule has 0 aromatic heterocycles. The van der Waals surface area contributed by atoms with Crippen LogP contribution in [0.25, 0.3) is 0 Å². The highest BCUT2D eigenvalue weighted by molar-refractivity contribution is 7.89. The van der Waals surface area contributed by atoms with Crippen molar-refractivity contribution in [3.8, 4) is 0 Å². The Morgan fingerprint density at radius 2 is 1.86 bits per heavy atom. The van der Waals surface area contributed by atoms with Crippen LogP contribution in [0, 0.1) is 0 Å². The minimum absolute atomic E-state index is 0.0935. The van der Waals surface area contributed by atoms with Crippen LogP contribution in [-0.4, -0.2) is 14.1 Å². The molecule has 2 aromatic rings. The van der Waals surface area contributed by atoms with E-state index < -0.39 is 10.0 Å². The van der Waals surface area contributed by atoms with Crippen molar-refractivity contribution in [3.05, 3.63) is 59.1 Å². The summed E-state index contributed by atoms with van der Waals surface area (Å²) in [5.41, 5.74) is 7.52. The number of benzene rings is 2. The molecule has 2 rings (SSSR count). The fourth-order valence-electron chi connectivity index (χ4n) is 1.62. The second-order valence-electron chi connectivity index (χ2n) is 4.37. The maximum absolute atomic E-state index is 12.1. The second-order valence-corrected chi connectivity index (χ2v) is 6.47. The molecule has 0 fully saturated rings. The molecule has 0 heterocycles. The zero-order valence-electron chi connectivity index (χ0n) is 11.2. The van der Waals surface area contributed by atoms with Crippen LogP contribution in [0.4, 0.5) is 5.69 Å². The summed E-state index contributed by atoms with van der Waals surface area (Å²) in [5.74, 6) is 0. The maximum Gasteiger partial charge on any atom is 0.276 e. The number of nitrogens with one attached hydrogen (secondary N) is 1. The topological polar surface area (TPSA) is 84.5 Å². The van der Waals surface area contributed by atoms with Crippen molar-refractivity contribution in [2.24, 2.45) is 5.10 Å². The molecule has 0 amide bonds. The van der Waals surface area contributed by atoms with Gasteiger partial charge in [-0.2, -0.15) is 18.4 Å². The van der Waals surface area contributed by atoms with Crippen LogP contribution in [0.1, 0.15) is 12.5 Å². The third-order valence-corrected chi connectivity index (χ3v) is 4.24. The van der Waals surface area contributed by atoms with E-state index in [1.165, 1.54) is 24.3 Å². The van der Waals surface area contributed by atoms with Gasteiger partial charge < -0.3 is 5.73 Å². The Morgan fingerprint density at radius 1 is 1.19 bits per heavy atom. The number of nitrogens with zero attached hydrogens (tertiary/aromatic N) is 1. The fourth-order valence-corrected chi connectivity index (χ4v) is 2.61. The third-order valence-electron chi connectivity index (χ3n) is 2.76. The molecule has 0 bridgehead atoms. The monoisotopic (exact) mass is 323 g/mol. The van der Waals surface area contributed by atoms with E-state index in [1.807, 2.05) is 0 Å². The molecule has 0 atom stereocenters. The Kier molecular flexibility index (Phi) is 4.50. The van der Waals surface area contributed by atoms with E-state index in [4.69, 9.17) is 17.3 Å². The van der Waals surface area contributed by atoms with Crippen molar-refractivity contribution in [1.82, 2.24) is 4.83 Å². The minimum atomic E-state index is -3.72. The number of anilines is 1. The molecular weight excluding hydrogens is 310 g/mol. The summed E-state index contributed by atoms with van der Waals surface area (Å²) in [7, 11) is -3.72. The second kappa shape index (κ2) is 6.15. The summed E-state index contributed by atoms with van der Waals surface area (Å²) in [5, 5.41) is 4.36. The Bertz CT molecular complexity index is 771. The summed E-state index contributed by atoms with van der Waals surface area (Å²) < 4.78 is 24.1. The number of hydrogen-bond donors (Lipinski definition) is 2. The molecule has 0 aliphatic rings. The van der Waals surface area contributed by atoms with Crippen LogP contribution in [0.15, 0.2) is 58.5 Å². The van der Waals surface area contributed by atoms with Crippen molar-refractivity contribution >= 4 is 33.0 Å². The number of nitrogen functional groups attached to an aromatic ring is 1. The van der Waals surface area contributed by atoms with E-state index >= 15 is 0 Å². The van der Waals surface area contributed by atoms with Crippen molar-refractivity contribution in [2.45, 2.75) is 11.8 Å². The first-order chi connectivity index (χ1) is 9.88. The lowest BCUT2D eigenvalue weighted by molar-refractivity contribution is 0.584. The van der Waals surface area contributed by atoms with E-state index in [1.54, 1.807) is 31.2 Å². The van der Waals surface area contributed by atoms with E-state index in [-0.39, 0.29) is 4.90 Å². The third kappa shape index (κ3) is 3.96. The van der Waals surface area contributed by atoms with Crippen LogP contribution in [0.5, 0.6) is 0 Å². The standard InChI is InChI=1S/C14H14ClN3O2S/c1-10(11-3-2-4-13(16)9-11)17-18-21(19,20)14-7-5-12(15)6-8-14/h2-9,18H,16H2,1H3/b17-10+. The molecular formula is C14H14ClN3O2S. The predicted molar refractivity (Wildman–Crippen MR) is 84.8 cm³/mol. The normalized spacial score (nSPS) is 12.2. The smallest absolute Gasteiger partial charge is 0.276 e. The van der Waals surface area contributed by atoms with Crippen molar-refractivity contribution in [3.63, 3.8) is 0 Å². The fraction of sp³-hybridized carbons (Fsp3) is 0.0714. The lowest BCUT2D eigenvalue weighted by atomic mass is 10.1. The van der Waals surface area contributed by atoms with Crippen molar-refractivity contribution in [2.75, 3.05) is 5.73 Å². The summed E-state index contributed by atoms with van der Waals surface area (Å²) in [6, 6.07) is 12.9. The van der Waals surface area contributed by atoms with Gasteiger partial charge in [0.2, 0.25) is 0 Å². The molecule has 0 unspecified atom stereocenters. The van der Waals surface area contributed by atoms with Crippen LogP contribution < -0.4 is 10.6 Å². The largest absolute Gasteiger partial charge is 0.399 e. The van der Waals surface area contributed by atoms with Gasteiger partial charge in [-0.25, -0.2) is 0 Å². The first kappa shape index (κ1) is 15.3. The zero-order chi connectivity index (χ0) is 15.5. The Labute approximate surface area is 128 Å². The van der Waals surface area contributed by atoms with Crippen molar-refractivity contribution < 1.29 is 8.42 Å². The molecule has 0 aliphatic heterocycles. The minimum Gasteiger partial charge on any atom is -0.399 e. The van der Waals surface area contributed by atoms with E-state index in [0.29, 0.717) is 16.4 Å². The van der Waals surface area contributed by atoms with Crippen LogP contribution in [0.3, 0.4) is 0 Å². The Hall–Kier alpha value is -2.05. The maximum atomic E-state index is 12.1. The molecule has 21 heavy (non-hydrogen) atoms. The van der Waals surface area contributed by atoms with E-state index in [9.17, 15) is 8.42 Å². The molecule has 0 saturated carbocycles. The number of rotatable bonds is 4. The molecule has 3 N–H and O–H groups in total. The van der Waals surface area contributed by atoms with E-state index in [0.717, 1.165) is 5.56 Å². The first-order valence-electron chi connectivity index (χ1n) is 6.06. The molecule has 0 spiro atoms. The highest BCUT2D eigenvalue weighted by Crippen LogP contribution is 2.14. The van der Waals surface area contributed by atoms with Gasteiger partial charge >= 0.3 is 0 Å². The Morgan fingerprint density at radius 3 is 2.48 bits per heavy atom. The summed E-state index contributed by atoms with van der Waals surface area (Å²) in [6.07, 6.45) is 0. The van der Waals surface area contributed by atoms with Crippen LogP contribution in [0.2, 0.25) is 5.02 Å². The highest BCUT2D eigenvalue weighted by atomic mass is 35.5. The van der Waals surface area contributed by atoms with Gasteiger partial charge in [0.1, 0.15) is 0 Å². The molecule has 0 aliphatic carbocycles. The summed E-state index contributed by atoms with van der Waals surface area (Å²) in [4.78, 5) is 2.28. The zero-order valence-corrected chi connectivity index (χ0v) is 12.8. The predicted octanol–water partition coefficient (Wildman–Crippen LogP) is 2.62. The number of hydrazone groups is 1. The van der Waals surface area contributed by atoms with Gasteiger partial charge in [-0.1, -0.05) is 23.7 Å². The SMILES string of the molecule is C/C(=N\NS(=O)(=O)c1ccc(Cl)cc1)c1cccc(N)c1. The quantitative estimate of drug-likeness (QED) is 0.515. The van der Waals surface area contributed by atoms with Gasteiger partial charge in [-0.05, 0) is 48.9 Å². The molecule has 0 saturated heterocycles. The number of sulfonamides is 1. The molecule has 7 heteroatoms.